The Labute approximate surface area is 71.5 Å². The molecule has 0 amide bonds. The number of nitrogens with one attached hydrogen (secondary N) is 1. The van der Waals surface area contributed by atoms with Crippen molar-refractivity contribution < 1.29 is 4.43 Å². The SMILES string of the molecule is CCO[Si](C)(C)CNC(C)C. The number of hydrogen-bond donors (Lipinski definition) is 1. The van der Waals surface area contributed by atoms with E-state index >= 15 is 0 Å². The molecule has 0 aromatic heterocycles. The molecule has 0 aromatic rings. The fourth-order valence-electron chi connectivity index (χ4n) is 0.892. The van der Waals surface area contributed by atoms with Gasteiger partial charge in [0.2, 0.25) is 0 Å². The molecule has 0 fully saturated rings. The Hall–Kier alpha value is 0.137. The second kappa shape index (κ2) is 4.90. The van der Waals surface area contributed by atoms with Gasteiger partial charge in [0.25, 0.3) is 0 Å². The van der Waals surface area contributed by atoms with E-state index in [0.29, 0.717) is 6.04 Å². The Bertz CT molecular complexity index is 104. The van der Waals surface area contributed by atoms with E-state index in [4.69, 9.17) is 4.43 Å². The lowest BCUT2D eigenvalue weighted by molar-refractivity contribution is 0.325. The van der Waals surface area contributed by atoms with Crippen molar-refractivity contribution in [2.24, 2.45) is 0 Å². The largest absolute Gasteiger partial charge is 0.416 e. The topological polar surface area (TPSA) is 21.3 Å². The average Bonchev–Trinajstić information content (AvgIpc) is 1.84. The van der Waals surface area contributed by atoms with Crippen molar-refractivity contribution in [2.45, 2.75) is 39.9 Å². The summed E-state index contributed by atoms with van der Waals surface area (Å²) in [7, 11) is -1.38. The fourth-order valence-corrected chi connectivity index (χ4v) is 2.68. The van der Waals surface area contributed by atoms with E-state index < -0.39 is 8.32 Å². The average molecular weight is 175 g/mol. The summed E-state index contributed by atoms with van der Waals surface area (Å²) < 4.78 is 5.66. The lowest BCUT2D eigenvalue weighted by Gasteiger charge is -2.23. The second-order valence-electron chi connectivity index (χ2n) is 3.73. The van der Waals surface area contributed by atoms with Crippen LogP contribution < -0.4 is 5.32 Å². The van der Waals surface area contributed by atoms with Crippen LogP contribution in [0.15, 0.2) is 0 Å². The van der Waals surface area contributed by atoms with Gasteiger partial charge in [-0.25, -0.2) is 0 Å². The van der Waals surface area contributed by atoms with Crippen LogP contribution in [-0.2, 0) is 4.43 Å². The van der Waals surface area contributed by atoms with Gasteiger partial charge >= 0.3 is 0 Å². The van der Waals surface area contributed by atoms with Crippen molar-refractivity contribution in [3.8, 4) is 0 Å². The van der Waals surface area contributed by atoms with Crippen LogP contribution >= 0.6 is 0 Å². The smallest absolute Gasteiger partial charge is 0.200 e. The molecule has 0 aliphatic rings. The van der Waals surface area contributed by atoms with Gasteiger partial charge in [-0.15, -0.1) is 0 Å². The molecular weight excluding hydrogens is 154 g/mol. The van der Waals surface area contributed by atoms with E-state index in [0.717, 1.165) is 12.8 Å². The molecule has 0 saturated heterocycles. The third-order valence-electron chi connectivity index (χ3n) is 1.47. The summed E-state index contributed by atoms with van der Waals surface area (Å²) in [5, 5.41) is 3.41. The van der Waals surface area contributed by atoms with Crippen molar-refractivity contribution in [3.63, 3.8) is 0 Å². The first-order valence-electron chi connectivity index (χ1n) is 4.35. The van der Waals surface area contributed by atoms with Gasteiger partial charge in [0.15, 0.2) is 8.32 Å². The van der Waals surface area contributed by atoms with Crippen LogP contribution in [0, 0.1) is 0 Å². The summed E-state index contributed by atoms with van der Waals surface area (Å²) in [6.45, 7) is 11.7. The summed E-state index contributed by atoms with van der Waals surface area (Å²) in [6.07, 6.45) is 1.05. The van der Waals surface area contributed by atoms with Gasteiger partial charge in [-0.3, -0.25) is 0 Å². The minimum absolute atomic E-state index is 0.572. The molecule has 0 aromatic carbocycles. The molecule has 0 saturated carbocycles. The maximum atomic E-state index is 5.66. The highest BCUT2D eigenvalue weighted by atomic mass is 28.4. The molecule has 3 heteroatoms. The molecule has 2 nitrogen and oxygen atoms in total. The number of rotatable bonds is 5. The monoisotopic (exact) mass is 175 g/mol. The lowest BCUT2D eigenvalue weighted by atomic mass is 10.4. The van der Waals surface area contributed by atoms with Gasteiger partial charge < -0.3 is 9.74 Å². The highest BCUT2D eigenvalue weighted by molar-refractivity contribution is 6.71. The van der Waals surface area contributed by atoms with E-state index in [-0.39, 0.29) is 0 Å². The van der Waals surface area contributed by atoms with Gasteiger partial charge in [0, 0.05) is 18.8 Å². The van der Waals surface area contributed by atoms with Gasteiger partial charge in [0.1, 0.15) is 0 Å². The molecule has 11 heavy (non-hydrogen) atoms. The van der Waals surface area contributed by atoms with E-state index in [1.807, 2.05) is 0 Å². The third-order valence-corrected chi connectivity index (χ3v) is 3.60. The molecule has 0 spiro atoms. The van der Waals surface area contributed by atoms with Crippen LogP contribution in [0.25, 0.3) is 0 Å². The van der Waals surface area contributed by atoms with Crippen molar-refractivity contribution in [1.29, 1.82) is 0 Å². The molecule has 68 valence electrons. The zero-order valence-corrected chi connectivity index (χ0v) is 9.40. The minimum Gasteiger partial charge on any atom is -0.416 e. The van der Waals surface area contributed by atoms with E-state index in [1.165, 1.54) is 0 Å². The first-order chi connectivity index (χ1) is 4.98. The highest BCUT2D eigenvalue weighted by Gasteiger charge is 2.21. The summed E-state index contributed by atoms with van der Waals surface area (Å²) in [4.78, 5) is 0. The quantitative estimate of drug-likeness (QED) is 0.643. The van der Waals surface area contributed by atoms with Crippen molar-refractivity contribution in [1.82, 2.24) is 5.32 Å². The van der Waals surface area contributed by atoms with E-state index in [2.05, 4.69) is 39.2 Å². The van der Waals surface area contributed by atoms with Gasteiger partial charge in [-0.1, -0.05) is 13.8 Å². The molecule has 0 radical (unpaired) electrons. The van der Waals surface area contributed by atoms with Crippen LogP contribution in [0.2, 0.25) is 13.1 Å². The predicted molar refractivity (Wildman–Crippen MR) is 52.2 cm³/mol. The molecule has 1 N–H and O–H groups in total. The summed E-state index contributed by atoms with van der Waals surface area (Å²) in [5.74, 6) is 0. The van der Waals surface area contributed by atoms with Crippen LogP contribution in [0.1, 0.15) is 20.8 Å². The van der Waals surface area contributed by atoms with E-state index in [9.17, 15) is 0 Å². The maximum absolute atomic E-state index is 5.66. The lowest BCUT2D eigenvalue weighted by Crippen LogP contribution is -2.45. The third kappa shape index (κ3) is 6.53. The minimum atomic E-state index is -1.38. The first-order valence-corrected chi connectivity index (χ1v) is 7.47. The van der Waals surface area contributed by atoms with Crippen LogP contribution in [0.3, 0.4) is 0 Å². The zero-order valence-electron chi connectivity index (χ0n) is 8.40. The van der Waals surface area contributed by atoms with Crippen LogP contribution in [0.4, 0.5) is 0 Å². The molecule has 0 aliphatic heterocycles. The Morgan fingerprint density at radius 1 is 1.36 bits per heavy atom. The molecule has 0 aliphatic carbocycles. The Morgan fingerprint density at radius 3 is 2.27 bits per heavy atom. The summed E-state index contributed by atoms with van der Waals surface area (Å²) in [6, 6.07) is 0.572. The first kappa shape index (κ1) is 11.1. The van der Waals surface area contributed by atoms with Crippen molar-refractivity contribution in [2.75, 3.05) is 12.8 Å². The molecule has 0 atom stereocenters. The number of hydrogen-bond acceptors (Lipinski definition) is 2. The normalized spacial score (nSPS) is 12.5. The standard InChI is InChI=1S/C8H21NOSi/c1-6-10-11(4,5)7-9-8(2)3/h8-9H,6-7H2,1-5H3. The zero-order chi connectivity index (χ0) is 8.91. The fraction of sp³-hybridized carbons (Fsp3) is 1.00. The highest BCUT2D eigenvalue weighted by Crippen LogP contribution is 2.01. The van der Waals surface area contributed by atoms with Crippen molar-refractivity contribution in [3.05, 3.63) is 0 Å². The van der Waals surface area contributed by atoms with Gasteiger partial charge in [-0.05, 0) is 20.0 Å². The maximum Gasteiger partial charge on any atom is 0.200 e. The molecule has 0 heterocycles. The molecule has 0 unspecified atom stereocenters. The van der Waals surface area contributed by atoms with Crippen molar-refractivity contribution >= 4 is 8.32 Å². The Kier molecular flexibility index (Phi) is 4.96. The Balaban J connectivity index is 3.54. The summed E-state index contributed by atoms with van der Waals surface area (Å²) in [5.41, 5.74) is 0. The Morgan fingerprint density at radius 2 is 1.91 bits per heavy atom. The van der Waals surface area contributed by atoms with Crippen LogP contribution in [0.5, 0.6) is 0 Å². The van der Waals surface area contributed by atoms with E-state index in [1.54, 1.807) is 0 Å². The predicted octanol–water partition coefficient (Wildman–Crippen LogP) is 1.77. The summed E-state index contributed by atoms with van der Waals surface area (Å²) >= 11 is 0. The van der Waals surface area contributed by atoms with Crippen LogP contribution in [-0.4, -0.2) is 27.1 Å². The molecule has 0 bridgehead atoms. The van der Waals surface area contributed by atoms with Gasteiger partial charge in [0.05, 0.1) is 0 Å². The molecule has 0 rings (SSSR count). The van der Waals surface area contributed by atoms with Gasteiger partial charge in [-0.2, -0.15) is 0 Å². The second-order valence-corrected chi connectivity index (χ2v) is 7.89. The molecular formula is C8H21NOSi.